The summed E-state index contributed by atoms with van der Waals surface area (Å²) >= 11 is 1.58. The summed E-state index contributed by atoms with van der Waals surface area (Å²) < 4.78 is 9.12. The van der Waals surface area contributed by atoms with Crippen LogP contribution < -0.4 is 5.56 Å². The molecule has 0 amide bonds. The minimum atomic E-state index is -0.0838. The molecule has 0 spiro atoms. The highest BCUT2D eigenvalue weighted by molar-refractivity contribution is 7.99. The second-order valence-corrected chi connectivity index (χ2v) is 8.10. The minimum Gasteiger partial charge on any atom is -0.381 e. The summed E-state index contributed by atoms with van der Waals surface area (Å²) in [6.07, 6.45) is 0. The van der Waals surface area contributed by atoms with Crippen LogP contribution in [0, 0.1) is 0 Å². The molecule has 4 aromatic rings. The van der Waals surface area contributed by atoms with Crippen molar-refractivity contribution in [3.8, 4) is 5.69 Å². The summed E-state index contributed by atoms with van der Waals surface area (Å²) in [6, 6.07) is 15.6. The maximum atomic E-state index is 13.5. The van der Waals surface area contributed by atoms with Gasteiger partial charge >= 0.3 is 0 Å². The maximum absolute atomic E-state index is 13.5. The van der Waals surface area contributed by atoms with E-state index < -0.39 is 0 Å². The molecule has 0 aliphatic rings. The predicted molar refractivity (Wildman–Crippen MR) is 117 cm³/mol. The zero-order chi connectivity index (χ0) is 20.4. The van der Waals surface area contributed by atoms with Gasteiger partial charge in [-0.05, 0) is 36.6 Å². The highest BCUT2D eigenvalue weighted by Gasteiger charge is 2.19. The van der Waals surface area contributed by atoms with Crippen molar-refractivity contribution < 1.29 is 4.74 Å². The number of nitrogens with zero attached hydrogens (tertiary/aromatic N) is 4. The van der Waals surface area contributed by atoms with E-state index in [1.165, 1.54) is 0 Å². The Labute approximate surface area is 173 Å². The fourth-order valence-electron chi connectivity index (χ4n) is 3.50. The quantitative estimate of drug-likeness (QED) is 0.337. The minimum absolute atomic E-state index is 0.0838. The Balaban J connectivity index is 1.99. The molecule has 0 radical (unpaired) electrons. The number of hydrogen-bond donors (Lipinski definition) is 0. The third-order valence-corrected chi connectivity index (χ3v) is 5.75. The second kappa shape index (κ2) is 8.39. The summed E-state index contributed by atoms with van der Waals surface area (Å²) in [5.41, 5.74) is 2.68. The highest BCUT2D eigenvalue weighted by atomic mass is 32.2. The zero-order valence-corrected chi connectivity index (χ0v) is 17.6. The van der Waals surface area contributed by atoms with Gasteiger partial charge in [-0.15, -0.1) is 10.2 Å². The molecular formula is C22H24N4O2S. The van der Waals surface area contributed by atoms with Gasteiger partial charge in [-0.3, -0.25) is 9.20 Å². The number of fused-ring (bicyclic) bond motifs is 3. The van der Waals surface area contributed by atoms with Crippen LogP contribution in [0.2, 0.25) is 0 Å². The molecule has 2 heterocycles. The summed E-state index contributed by atoms with van der Waals surface area (Å²) in [4.78, 5) is 13.5. The van der Waals surface area contributed by atoms with E-state index in [4.69, 9.17) is 4.74 Å². The van der Waals surface area contributed by atoms with Crippen molar-refractivity contribution in [2.45, 2.75) is 31.8 Å². The SMILES string of the molecule is CCOCCSc1nnc2n(-c3ccccc3C(C)C)c(=O)c3ccccc3n12. The predicted octanol–water partition coefficient (Wildman–Crippen LogP) is 4.29. The number of para-hydroxylation sites is 2. The Morgan fingerprint density at radius 3 is 2.62 bits per heavy atom. The third kappa shape index (κ3) is 3.56. The van der Waals surface area contributed by atoms with Crippen molar-refractivity contribution >= 4 is 28.4 Å². The van der Waals surface area contributed by atoms with Gasteiger partial charge in [0.05, 0.1) is 23.2 Å². The van der Waals surface area contributed by atoms with Gasteiger partial charge in [0.1, 0.15) is 0 Å². The van der Waals surface area contributed by atoms with Crippen LogP contribution in [-0.2, 0) is 4.74 Å². The lowest BCUT2D eigenvalue weighted by molar-refractivity contribution is 0.164. The lowest BCUT2D eigenvalue weighted by Gasteiger charge is -2.16. The van der Waals surface area contributed by atoms with Crippen molar-refractivity contribution in [1.82, 2.24) is 19.2 Å². The number of thioether (sulfide) groups is 1. The zero-order valence-electron chi connectivity index (χ0n) is 16.8. The van der Waals surface area contributed by atoms with Gasteiger partial charge in [0.25, 0.3) is 5.56 Å². The number of ether oxygens (including phenoxy) is 1. The standard InChI is InChI=1S/C22H24N4O2S/c1-4-28-13-14-29-22-24-23-21-25(18-11-7-5-9-16(18)15(2)3)20(27)17-10-6-8-12-19(17)26(21)22/h5-12,15H,4,13-14H2,1-3H3. The average Bonchev–Trinajstić information content (AvgIpc) is 3.15. The molecule has 0 bridgehead atoms. The molecule has 150 valence electrons. The normalized spacial score (nSPS) is 11.7. The van der Waals surface area contributed by atoms with Crippen LogP contribution >= 0.6 is 11.8 Å². The lowest BCUT2D eigenvalue weighted by Crippen LogP contribution is -2.23. The van der Waals surface area contributed by atoms with Gasteiger partial charge in [-0.1, -0.05) is 55.9 Å². The summed E-state index contributed by atoms with van der Waals surface area (Å²) in [7, 11) is 0. The fourth-order valence-corrected chi connectivity index (χ4v) is 4.30. The molecular weight excluding hydrogens is 384 g/mol. The molecule has 0 atom stereocenters. The molecule has 0 N–H and O–H groups in total. The Morgan fingerprint density at radius 2 is 1.83 bits per heavy atom. The van der Waals surface area contributed by atoms with E-state index in [-0.39, 0.29) is 11.5 Å². The Bertz CT molecular complexity index is 1210. The lowest BCUT2D eigenvalue weighted by atomic mass is 10.0. The first-order chi connectivity index (χ1) is 14.1. The van der Waals surface area contributed by atoms with Gasteiger partial charge in [0.2, 0.25) is 5.78 Å². The van der Waals surface area contributed by atoms with Gasteiger partial charge in [-0.2, -0.15) is 0 Å². The van der Waals surface area contributed by atoms with E-state index in [1.807, 2.05) is 53.8 Å². The van der Waals surface area contributed by atoms with Crippen LogP contribution in [0.15, 0.2) is 58.5 Å². The van der Waals surface area contributed by atoms with Gasteiger partial charge in [-0.25, -0.2) is 4.57 Å². The van der Waals surface area contributed by atoms with E-state index in [1.54, 1.807) is 16.3 Å². The molecule has 6 nitrogen and oxygen atoms in total. The number of hydrogen-bond acceptors (Lipinski definition) is 5. The van der Waals surface area contributed by atoms with Crippen LogP contribution in [0.1, 0.15) is 32.3 Å². The second-order valence-electron chi connectivity index (χ2n) is 7.03. The smallest absolute Gasteiger partial charge is 0.267 e. The first-order valence-electron chi connectivity index (χ1n) is 9.82. The van der Waals surface area contributed by atoms with Crippen LogP contribution in [-0.4, -0.2) is 38.1 Å². The van der Waals surface area contributed by atoms with E-state index in [0.29, 0.717) is 24.4 Å². The van der Waals surface area contributed by atoms with Crippen molar-refractivity contribution in [2.24, 2.45) is 0 Å². The molecule has 0 fully saturated rings. The summed E-state index contributed by atoms with van der Waals surface area (Å²) in [6.45, 7) is 7.57. The van der Waals surface area contributed by atoms with Crippen molar-refractivity contribution in [2.75, 3.05) is 19.0 Å². The molecule has 0 saturated heterocycles. The Hall–Kier alpha value is -2.64. The van der Waals surface area contributed by atoms with Gasteiger partial charge in [0.15, 0.2) is 5.16 Å². The number of rotatable bonds is 7. The Morgan fingerprint density at radius 1 is 1.07 bits per heavy atom. The topological polar surface area (TPSA) is 61.4 Å². The molecule has 0 unspecified atom stereocenters. The van der Waals surface area contributed by atoms with Crippen molar-refractivity contribution in [3.05, 3.63) is 64.4 Å². The third-order valence-electron chi connectivity index (χ3n) is 4.86. The molecule has 0 saturated carbocycles. The summed E-state index contributed by atoms with van der Waals surface area (Å²) in [5, 5.41) is 10.2. The highest BCUT2D eigenvalue weighted by Crippen LogP contribution is 2.26. The van der Waals surface area contributed by atoms with E-state index in [9.17, 15) is 4.79 Å². The first-order valence-corrected chi connectivity index (χ1v) is 10.8. The molecule has 29 heavy (non-hydrogen) atoms. The monoisotopic (exact) mass is 408 g/mol. The van der Waals surface area contributed by atoms with Crippen LogP contribution in [0.5, 0.6) is 0 Å². The number of benzene rings is 2. The average molecular weight is 409 g/mol. The van der Waals surface area contributed by atoms with E-state index in [0.717, 1.165) is 27.7 Å². The van der Waals surface area contributed by atoms with Crippen molar-refractivity contribution in [1.29, 1.82) is 0 Å². The van der Waals surface area contributed by atoms with Crippen LogP contribution in [0.25, 0.3) is 22.4 Å². The van der Waals surface area contributed by atoms with Crippen LogP contribution in [0.4, 0.5) is 0 Å². The largest absolute Gasteiger partial charge is 0.381 e. The fraction of sp³-hybridized carbons (Fsp3) is 0.318. The van der Waals surface area contributed by atoms with E-state index in [2.05, 4.69) is 30.1 Å². The van der Waals surface area contributed by atoms with Gasteiger partial charge in [0, 0.05) is 12.4 Å². The molecule has 2 aromatic heterocycles. The van der Waals surface area contributed by atoms with E-state index >= 15 is 0 Å². The molecule has 0 aliphatic carbocycles. The molecule has 0 aliphatic heterocycles. The maximum Gasteiger partial charge on any atom is 0.267 e. The number of aromatic nitrogens is 4. The summed E-state index contributed by atoms with van der Waals surface area (Å²) in [5.74, 6) is 1.57. The van der Waals surface area contributed by atoms with Crippen LogP contribution in [0.3, 0.4) is 0 Å². The molecule has 2 aromatic carbocycles. The molecule has 4 rings (SSSR count). The van der Waals surface area contributed by atoms with Gasteiger partial charge < -0.3 is 4.74 Å². The van der Waals surface area contributed by atoms with Crippen molar-refractivity contribution in [3.63, 3.8) is 0 Å². The Kier molecular flexibility index (Phi) is 5.69. The molecule has 7 heteroatoms. The first kappa shape index (κ1) is 19.7.